The van der Waals surface area contributed by atoms with E-state index in [1.54, 1.807) is 0 Å². The average molecular weight is 211 g/mol. The molecule has 0 aromatic carbocycles. The summed E-state index contributed by atoms with van der Waals surface area (Å²) in [6.45, 7) is 0. The van der Waals surface area contributed by atoms with Crippen molar-refractivity contribution < 1.29 is 0 Å². The molecule has 4 bridgehead atoms. The van der Waals surface area contributed by atoms with Gasteiger partial charge in [0.25, 0.3) is 0 Å². The Kier molecular flexibility index (Phi) is 1.98. The maximum Gasteiger partial charge on any atom is 0.0147 e. The molecule has 0 aromatic rings. The van der Waals surface area contributed by atoms with E-state index in [1.807, 2.05) is 0 Å². The van der Waals surface area contributed by atoms with Crippen LogP contribution in [-0.4, -0.2) is 29.8 Å². The van der Waals surface area contributed by atoms with Crippen LogP contribution in [0.25, 0.3) is 0 Å². The van der Waals surface area contributed by atoms with Gasteiger partial charge in [0.15, 0.2) is 0 Å². The van der Waals surface area contributed by atoms with Crippen LogP contribution in [0, 0.1) is 17.8 Å². The largest absolute Gasteiger partial charge is 0.306 e. The second-order valence-corrected chi connectivity index (χ2v) is 7.10. The first-order valence-electron chi connectivity index (χ1n) is 5.96. The van der Waals surface area contributed by atoms with E-state index in [-0.39, 0.29) is 0 Å². The van der Waals surface area contributed by atoms with Crippen LogP contribution < -0.4 is 0 Å². The molecule has 0 radical (unpaired) electrons. The van der Waals surface area contributed by atoms with Crippen LogP contribution in [0.1, 0.15) is 32.1 Å². The molecule has 4 fully saturated rings. The van der Waals surface area contributed by atoms with Gasteiger partial charge in [0.1, 0.15) is 0 Å². The summed E-state index contributed by atoms with van der Waals surface area (Å²) in [7, 11) is 4.52. The van der Waals surface area contributed by atoms with E-state index >= 15 is 0 Å². The maximum atomic E-state index is 4.94. The van der Waals surface area contributed by atoms with Gasteiger partial charge in [0, 0.05) is 10.8 Å². The summed E-state index contributed by atoms with van der Waals surface area (Å²) in [6, 6.07) is 0.867. The number of hydrogen-bond acceptors (Lipinski definition) is 2. The lowest BCUT2D eigenvalue weighted by Crippen LogP contribution is -2.58. The Morgan fingerprint density at radius 3 is 2.07 bits per heavy atom. The molecule has 0 N–H and O–H groups in total. The second-order valence-electron chi connectivity index (χ2n) is 6.15. The summed E-state index contributed by atoms with van der Waals surface area (Å²) in [5.74, 6) is 2.92. The molecule has 0 aliphatic heterocycles. The van der Waals surface area contributed by atoms with Gasteiger partial charge in [0.05, 0.1) is 0 Å². The first kappa shape index (κ1) is 9.53. The van der Waals surface area contributed by atoms with Crippen molar-refractivity contribution in [3.8, 4) is 0 Å². The zero-order valence-corrected chi connectivity index (χ0v) is 10.1. The van der Waals surface area contributed by atoms with Crippen LogP contribution >= 0.6 is 12.6 Å². The van der Waals surface area contributed by atoms with E-state index in [1.165, 1.54) is 32.1 Å². The van der Waals surface area contributed by atoms with Gasteiger partial charge >= 0.3 is 0 Å². The second kappa shape index (κ2) is 2.91. The van der Waals surface area contributed by atoms with Crippen LogP contribution in [0.15, 0.2) is 0 Å². The van der Waals surface area contributed by atoms with Crippen LogP contribution in [-0.2, 0) is 0 Å². The third kappa shape index (κ3) is 1.26. The van der Waals surface area contributed by atoms with E-state index in [0.29, 0.717) is 4.75 Å². The number of nitrogens with zero attached hydrogens (tertiary/aromatic N) is 1. The molecule has 4 rings (SSSR count). The average Bonchev–Trinajstić information content (AvgIpc) is 1.97. The fraction of sp³-hybridized carbons (Fsp3) is 1.00. The molecule has 2 heteroatoms. The Bertz CT molecular complexity index is 235. The molecule has 0 spiro atoms. The molecule has 14 heavy (non-hydrogen) atoms. The Hall–Kier alpha value is 0.310. The summed E-state index contributed by atoms with van der Waals surface area (Å²) in [5.41, 5.74) is 0. The predicted octanol–water partition coefficient (Wildman–Crippen LogP) is 2.43. The lowest BCUT2D eigenvalue weighted by atomic mass is 9.53. The van der Waals surface area contributed by atoms with Crippen molar-refractivity contribution in [2.75, 3.05) is 14.1 Å². The molecule has 0 heterocycles. The van der Waals surface area contributed by atoms with Gasteiger partial charge in [-0.15, -0.1) is 0 Å². The van der Waals surface area contributed by atoms with Gasteiger partial charge in [-0.05, 0) is 64.0 Å². The SMILES string of the molecule is CN(C)C1[C@@H]2CC3C[C@H]1CC(S)(C3)C2. The van der Waals surface area contributed by atoms with Crippen LogP contribution in [0.4, 0.5) is 0 Å². The van der Waals surface area contributed by atoms with Crippen molar-refractivity contribution in [1.82, 2.24) is 4.90 Å². The lowest BCUT2D eigenvalue weighted by molar-refractivity contribution is -0.0362. The van der Waals surface area contributed by atoms with Gasteiger partial charge in [-0.25, -0.2) is 0 Å². The van der Waals surface area contributed by atoms with E-state index in [0.717, 1.165) is 23.8 Å². The van der Waals surface area contributed by atoms with Crippen molar-refractivity contribution in [3.63, 3.8) is 0 Å². The Morgan fingerprint density at radius 2 is 1.64 bits per heavy atom. The van der Waals surface area contributed by atoms with Crippen LogP contribution in [0.2, 0.25) is 0 Å². The van der Waals surface area contributed by atoms with E-state index < -0.39 is 0 Å². The summed E-state index contributed by atoms with van der Waals surface area (Å²) in [4.78, 5) is 2.48. The van der Waals surface area contributed by atoms with Crippen molar-refractivity contribution in [1.29, 1.82) is 0 Å². The lowest BCUT2D eigenvalue weighted by Gasteiger charge is -2.60. The van der Waals surface area contributed by atoms with E-state index in [4.69, 9.17) is 12.6 Å². The van der Waals surface area contributed by atoms with Crippen LogP contribution in [0.5, 0.6) is 0 Å². The first-order chi connectivity index (χ1) is 6.57. The molecule has 4 aliphatic carbocycles. The van der Waals surface area contributed by atoms with Gasteiger partial charge in [-0.2, -0.15) is 12.6 Å². The smallest absolute Gasteiger partial charge is 0.0147 e. The normalized spacial score (nSPS) is 55.7. The Balaban J connectivity index is 1.89. The van der Waals surface area contributed by atoms with E-state index in [2.05, 4.69) is 19.0 Å². The maximum absolute atomic E-state index is 4.94. The van der Waals surface area contributed by atoms with Gasteiger partial charge in [-0.1, -0.05) is 0 Å². The summed E-state index contributed by atoms with van der Waals surface area (Å²) in [5, 5.41) is 0. The Morgan fingerprint density at radius 1 is 1.07 bits per heavy atom. The number of rotatable bonds is 1. The monoisotopic (exact) mass is 211 g/mol. The summed E-state index contributed by atoms with van der Waals surface area (Å²) >= 11 is 4.94. The highest BCUT2D eigenvalue weighted by Gasteiger charge is 2.54. The first-order valence-corrected chi connectivity index (χ1v) is 6.41. The molecule has 0 amide bonds. The number of hydrogen-bond donors (Lipinski definition) is 1. The van der Waals surface area contributed by atoms with Crippen LogP contribution in [0.3, 0.4) is 0 Å². The highest BCUT2D eigenvalue weighted by molar-refractivity contribution is 7.81. The third-order valence-electron chi connectivity index (χ3n) is 4.79. The minimum atomic E-state index is 0.434. The highest BCUT2D eigenvalue weighted by Crippen LogP contribution is 2.58. The minimum Gasteiger partial charge on any atom is -0.306 e. The predicted molar refractivity (Wildman–Crippen MR) is 62.7 cm³/mol. The molecule has 0 saturated heterocycles. The van der Waals surface area contributed by atoms with Crippen molar-refractivity contribution in [3.05, 3.63) is 0 Å². The fourth-order valence-corrected chi connectivity index (χ4v) is 5.53. The molecule has 80 valence electrons. The minimum absolute atomic E-state index is 0.434. The molecule has 1 nitrogen and oxygen atoms in total. The fourth-order valence-electron chi connectivity index (χ4n) is 4.80. The zero-order chi connectivity index (χ0) is 9.92. The molecular formula is C12H21NS. The molecule has 0 aromatic heterocycles. The number of thiol groups is 1. The molecule has 4 aliphatic rings. The quantitative estimate of drug-likeness (QED) is 0.652. The van der Waals surface area contributed by atoms with Crippen molar-refractivity contribution in [2.45, 2.75) is 42.9 Å². The van der Waals surface area contributed by atoms with E-state index in [9.17, 15) is 0 Å². The Labute approximate surface area is 92.7 Å². The highest BCUT2D eigenvalue weighted by atomic mass is 32.1. The van der Waals surface area contributed by atoms with Crippen molar-refractivity contribution in [2.24, 2.45) is 17.8 Å². The van der Waals surface area contributed by atoms with Crippen molar-refractivity contribution >= 4 is 12.6 Å². The van der Waals surface area contributed by atoms with Gasteiger partial charge in [0.2, 0.25) is 0 Å². The molecular weight excluding hydrogens is 190 g/mol. The zero-order valence-electron chi connectivity index (χ0n) is 9.24. The molecule has 3 unspecified atom stereocenters. The molecule has 4 saturated carbocycles. The van der Waals surface area contributed by atoms with Gasteiger partial charge < -0.3 is 4.90 Å². The molecule has 5 atom stereocenters. The summed E-state index contributed by atoms with van der Waals surface area (Å²) < 4.78 is 0.434. The summed E-state index contributed by atoms with van der Waals surface area (Å²) in [6.07, 6.45) is 7.14. The van der Waals surface area contributed by atoms with Gasteiger partial charge in [-0.3, -0.25) is 0 Å². The topological polar surface area (TPSA) is 3.24 Å². The standard InChI is InChI=1S/C12H21NS/c1-13(2)11-9-3-8-4-10(11)7-12(14,5-8)6-9/h8-11,14H,3-7H2,1-2H3/t8?,9-,10+,11?,12?. The third-order valence-corrected chi connectivity index (χ3v) is 5.34.